The molecule has 9 aromatic rings. The minimum atomic E-state index is -4.62. The Morgan fingerprint density at radius 3 is 1.22 bits per heavy atom. The second-order valence-electron chi connectivity index (χ2n) is 30.8. The van der Waals surface area contributed by atoms with E-state index in [0.717, 1.165) is 58.2 Å². The van der Waals surface area contributed by atoms with Crippen molar-refractivity contribution in [2.75, 3.05) is 39.0 Å². The lowest BCUT2D eigenvalue weighted by molar-refractivity contribution is -0.274. The number of hydrogen-bond donors (Lipinski definition) is 1. The van der Waals surface area contributed by atoms with Crippen molar-refractivity contribution in [2.45, 2.75) is 243 Å². The van der Waals surface area contributed by atoms with E-state index < -0.39 is 24.1 Å². The highest BCUT2D eigenvalue weighted by atomic mass is 19.4. The van der Waals surface area contributed by atoms with Crippen molar-refractivity contribution in [1.82, 2.24) is 0 Å². The normalized spacial score (nSPS) is 12.1. The van der Waals surface area contributed by atoms with E-state index in [-0.39, 0.29) is 29.5 Å². The van der Waals surface area contributed by atoms with Gasteiger partial charge in [-0.2, -0.15) is 13.2 Å². The van der Waals surface area contributed by atoms with Crippen LogP contribution in [0.1, 0.15) is 289 Å². The van der Waals surface area contributed by atoms with Crippen LogP contribution in [-0.2, 0) is 12.6 Å². The largest absolute Gasteiger partial charge is 0.573 e. The molecule has 618 valence electrons. The number of hydrogen-bond acceptors (Lipinski definition) is 8. The molecule has 0 saturated carbocycles. The first-order valence-electron chi connectivity index (χ1n) is 39.6. The number of fused-ring (bicyclic) bond motifs is 1. The maximum Gasteiger partial charge on any atom is 0.573 e. The predicted octanol–water partition coefficient (Wildman–Crippen LogP) is 29.1. The predicted molar refractivity (Wildman–Crippen MR) is 454 cm³/mol. The van der Waals surface area contributed by atoms with E-state index >= 15 is 0 Å². The van der Waals surface area contributed by atoms with Crippen LogP contribution in [0.5, 0.6) is 34.5 Å². The Hall–Kier alpha value is -9.44. The lowest BCUT2D eigenvalue weighted by Crippen LogP contribution is -2.29. The van der Waals surface area contributed by atoms with E-state index in [1.165, 1.54) is 114 Å². The average molecular weight is 1570 g/mol. The zero-order chi connectivity index (χ0) is 84.7. The third-order valence-corrected chi connectivity index (χ3v) is 18.4. The fourth-order valence-corrected chi connectivity index (χ4v) is 11.1. The first-order valence-corrected chi connectivity index (χ1v) is 39.6. The van der Waals surface area contributed by atoms with Crippen molar-refractivity contribution in [1.29, 1.82) is 0 Å². The second-order valence-corrected chi connectivity index (χ2v) is 30.8. The molecule has 0 atom stereocenters. The topological polar surface area (TPSA) is 95.9 Å². The molecule has 0 bridgehead atoms. The van der Waals surface area contributed by atoms with Crippen LogP contribution in [0.25, 0.3) is 0 Å². The molecule has 11 rings (SSSR count). The molecule has 0 radical (unpaired) electrons. The molecular formula is C97H128F7NO8. The maximum atomic E-state index is 13.1. The van der Waals surface area contributed by atoms with E-state index in [4.69, 9.17) is 28.8 Å². The Morgan fingerprint density at radius 1 is 0.416 bits per heavy atom. The van der Waals surface area contributed by atoms with Gasteiger partial charge in [-0.3, -0.25) is 0 Å². The number of ether oxygens (including phenoxy) is 6. The van der Waals surface area contributed by atoms with E-state index in [2.05, 4.69) is 179 Å². The molecule has 0 spiro atoms. The van der Waals surface area contributed by atoms with Crippen molar-refractivity contribution in [2.24, 2.45) is 0 Å². The van der Waals surface area contributed by atoms with Gasteiger partial charge in [-0.05, 0) is 245 Å². The highest BCUT2D eigenvalue weighted by Gasteiger charge is 2.32. The van der Waals surface area contributed by atoms with Gasteiger partial charge in [-0.25, -0.2) is 9.18 Å². The van der Waals surface area contributed by atoms with Crippen LogP contribution in [0, 0.1) is 5.82 Å². The summed E-state index contributed by atoms with van der Waals surface area (Å²) in [6.07, 6.45) is -3.34. The van der Waals surface area contributed by atoms with Gasteiger partial charge in [-0.15, -0.1) is 13.2 Å². The number of carboxylic acid groups (broad SMARTS) is 1. The van der Waals surface area contributed by atoms with Crippen molar-refractivity contribution in [3.8, 4) is 34.5 Å². The molecule has 2 aliphatic heterocycles. The minimum absolute atomic E-state index is 0.163. The summed E-state index contributed by atoms with van der Waals surface area (Å²) in [5.41, 5.74) is 13.4. The van der Waals surface area contributed by atoms with Crippen LogP contribution < -0.4 is 33.3 Å². The number of carboxylic acids is 1. The van der Waals surface area contributed by atoms with Crippen LogP contribution >= 0.6 is 0 Å². The van der Waals surface area contributed by atoms with Crippen LogP contribution in [0.3, 0.4) is 0 Å². The lowest BCUT2D eigenvalue weighted by atomic mass is 10.0. The quantitative estimate of drug-likeness (QED) is 0.0894. The SMILES string of the molecule is CC(C)Oc1ccc(C(C)C)cc1.CC(C)c1ccc(C(=O)O)cc1.CC(C)c1ccc(C(F)(F)F)cc1.CC(C)c1ccc(N2CCCCC2)cc1.CC(C)c1ccc2c(c1)OCO2.CC(C)c1cccc(OC(F)(F)F)c1.CCc1cccc(C(C)C)c1.COc1ccc(C(C)C)cc1F.COc1cccc(C(C)C)c1. The number of alkyl halides is 6. The summed E-state index contributed by atoms with van der Waals surface area (Å²) in [5.74, 6) is 6.88. The molecule has 9 nitrogen and oxygen atoms in total. The molecule has 2 aliphatic rings. The van der Waals surface area contributed by atoms with Gasteiger partial charge < -0.3 is 38.4 Å². The van der Waals surface area contributed by atoms with Gasteiger partial charge in [0.2, 0.25) is 6.79 Å². The fourth-order valence-electron chi connectivity index (χ4n) is 11.1. The minimum Gasteiger partial charge on any atom is -0.497 e. The summed E-state index contributed by atoms with van der Waals surface area (Å²) < 4.78 is 115. The van der Waals surface area contributed by atoms with Crippen molar-refractivity contribution >= 4 is 11.7 Å². The van der Waals surface area contributed by atoms with Crippen molar-refractivity contribution in [3.63, 3.8) is 0 Å². The number of rotatable bonds is 17. The van der Waals surface area contributed by atoms with Gasteiger partial charge in [0, 0.05) is 18.8 Å². The highest BCUT2D eigenvalue weighted by molar-refractivity contribution is 5.87. The summed E-state index contributed by atoms with van der Waals surface area (Å²) >= 11 is 0. The summed E-state index contributed by atoms with van der Waals surface area (Å²) in [7, 11) is 3.16. The first-order chi connectivity index (χ1) is 53.2. The number of benzene rings is 9. The lowest BCUT2D eigenvalue weighted by Gasteiger charge is -2.29. The van der Waals surface area contributed by atoms with Crippen LogP contribution in [-0.4, -0.2) is 57.6 Å². The number of nitrogens with zero attached hydrogens (tertiary/aromatic N) is 1. The second kappa shape index (κ2) is 49.9. The Morgan fingerprint density at radius 2 is 0.805 bits per heavy atom. The zero-order valence-electron chi connectivity index (χ0n) is 71.3. The molecule has 0 aliphatic carbocycles. The van der Waals surface area contributed by atoms with Gasteiger partial charge in [0.1, 0.15) is 17.2 Å². The van der Waals surface area contributed by atoms with Crippen LogP contribution in [0.2, 0.25) is 0 Å². The number of carbonyl (C=O) groups is 1. The zero-order valence-corrected chi connectivity index (χ0v) is 71.3. The molecule has 0 amide bonds. The maximum absolute atomic E-state index is 13.1. The number of methoxy groups -OCH3 is 2. The van der Waals surface area contributed by atoms with E-state index in [1.807, 2.05) is 110 Å². The Bertz CT molecular complexity index is 4040. The average Bonchev–Trinajstić information content (AvgIpc) is 1.75. The molecule has 113 heavy (non-hydrogen) atoms. The van der Waals surface area contributed by atoms with Gasteiger partial charge in [-0.1, -0.05) is 241 Å². The summed E-state index contributed by atoms with van der Waals surface area (Å²) in [6, 6.07) is 63.9. The monoisotopic (exact) mass is 1570 g/mol. The Kier molecular flexibility index (Phi) is 43.2. The van der Waals surface area contributed by atoms with Gasteiger partial charge in [0.15, 0.2) is 23.1 Å². The number of aryl methyl sites for hydroxylation is 1. The Balaban J connectivity index is 0.000000330. The summed E-state index contributed by atoms with van der Waals surface area (Å²) in [5, 5.41) is 8.61. The number of piperidine rings is 1. The fraction of sp³-hybridized carbons (Fsp3) is 0.433. The number of anilines is 1. The first kappa shape index (κ1) is 97.8. The molecule has 9 aromatic carbocycles. The van der Waals surface area contributed by atoms with Gasteiger partial charge >= 0.3 is 18.5 Å². The Labute approximate surface area is 672 Å². The van der Waals surface area contributed by atoms with E-state index in [9.17, 15) is 35.5 Å². The van der Waals surface area contributed by atoms with Crippen molar-refractivity contribution < 1.29 is 69.1 Å². The van der Waals surface area contributed by atoms with Crippen LogP contribution in [0.15, 0.2) is 206 Å². The van der Waals surface area contributed by atoms with E-state index in [0.29, 0.717) is 59.5 Å². The molecule has 2 heterocycles. The molecule has 1 N–H and O–H groups in total. The van der Waals surface area contributed by atoms with Crippen LogP contribution in [0.4, 0.5) is 36.4 Å². The van der Waals surface area contributed by atoms with Crippen molar-refractivity contribution in [3.05, 3.63) is 279 Å². The molecule has 0 aromatic heterocycles. The number of halogens is 7. The highest BCUT2D eigenvalue weighted by Crippen LogP contribution is 2.35. The summed E-state index contributed by atoms with van der Waals surface area (Å²) in [4.78, 5) is 13.0. The molecular weight excluding hydrogens is 1440 g/mol. The molecule has 16 heteroatoms. The summed E-state index contributed by atoms with van der Waals surface area (Å²) in [6.45, 7) is 47.0. The third-order valence-electron chi connectivity index (χ3n) is 18.4. The molecule has 0 unspecified atom stereocenters. The number of aromatic carboxylic acids is 1. The molecule has 1 saturated heterocycles. The smallest absolute Gasteiger partial charge is 0.497 e. The molecule has 1 fully saturated rings. The van der Waals surface area contributed by atoms with Gasteiger partial charge in [0.25, 0.3) is 0 Å². The van der Waals surface area contributed by atoms with E-state index in [1.54, 1.807) is 37.4 Å². The third kappa shape index (κ3) is 37.8. The standard InChI is InChI=1S/C14H21N.C12H18O.C11H16.C10H11F3O.C10H11F3.C10H13FO.2C10H12O2.C10H14O/c1-12(2)13-6-8-14(9-7-13)15-10-4-3-5-11-15;1-9(2)11-5-7-12(8-6-11)13-10(3)4;1-4-10-6-5-7-11(8-10)9(2)3;1-7(2)8-4-3-5-9(6-8)14-10(11,12)13;1-7(2)8-3-5-9(6-4-8)10(11,12)13;1-7(2)8-4-5-10(12-3)9(11)6-8;1-7(2)8-3-4-9-10(5-8)12-6-11-9;1-7(2)8-3-5-9(6-4-8)10(11)12;1-8(2)9-5-4-6-10(7-9)11-3/h6-9,12H,3-5,10-11H2,1-2H3;5-10H,1-4H3;5-9H,4H2,1-3H3;3-7H,1-2H3;3-7H,1-2H3;4-7H,1-3H3;3-5,7H,6H2,1-2H3;3-7H,1-2H3,(H,11,12);4-8H,1-3H3. The van der Waals surface area contributed by atoms with Gasteiger partial charge in [0.05, 0.1) is 31.5 Å².